The smallest absolute Gasteiger partial charge is 0.0682 e. The van der Waals surface area contributed by atoms with Crippen LogP contribution in [0.3, 0.4) is 0 Å². The van der Waals surface area contributed by atoms with Crippen LogP contribution in [0.4, 0.5) is 0 Å². The van der Waals surface area contributed by atoms with Crippen molar-refractivity contribution >= 4 is 27.5 Å². The molecule has 0 aliphatic carbocycles. The third-order valence-corrected chi connectivity index (χ3v) is 3.85. The van der Waals surface area contributed by atoms with Gasteiger partial charge >= 0.3 is 0 Å². The Kier molecular flexibility index (Phi) is 3.80. The van der Waals surface area contributed by atoms with Crippen molar-refractivity contribution < 1.29 is 0 Å². The van der Waals surface area contributed by atoms with Gasteiger partial charge in [0.15, 0.2) is 0 Å². The minimum atomic E-state index is -0.648. The molecule has 1 atom stereocenters. The highest BCUT2D eigenvalue weighted by atomic mass is 79.9. The zero-order valence-corrected chi connectivity index (χ0v) is 12.7. The summed E-state index contributed by atoms with van der Waals surface area (Å²) in [5.41, 5.74) is 7.62. The van der Waals surface area contributed by atoms with E-state index in [1.165, 1.54) is 0 Å². The molecular weight excluding hydrogens is 314 g/mol. The van der Waals surface area contributed by atoms with Crippen molar-refractivity contribution in [2.45, 2.75) is 25.9 Å². The molecule has 0 radical (unpaired) electrons. The Morgan fingerprint density at radius 3 is 2.78 bits per heavy atom. The molecule has 96 valence electrons. The topological polar surface area (TPSA) is 43.8 Å². The van der Waals surface area contributed by atoms with Gasteiger partial charge in [0.05, 0.1) is 11.7 Å². The molecule has 18 heavy (non-hydrogen) atoms. The van der Waals surface area contributed by atoms with Crippen LogP contribution in [0, 0.1) is 0 Å². The van der Waals surface area contributed by atoms with Crippen molar-refractivity contribution in [3.8, 4) is 0 Å². The SMILES string of the molecule is CCn1cc(C(C)(N)c2ccc(Br)cc2Cl)cn1. The first-order valence-corrected chi connectivity index (χ1v) is 6.89. The maximum Gasteiger partial charge on any atom is 0.0682 e. The summed E-state index contributed by atoms with van der Waals surface area (Å²) >= 11 is 9.66. The Balaban J connectivity index is 2.46. The molecular formula is C13H15BrClN3. The minimum absolute atomic E-state index is 0.648. The first-order chi connectivity index (χ1) is 8.45. The molecule has 1 unspecified atom stereocenters. The van der Waals surface area contributed by atoms with Crippen LogP contribution in [-0.2, 0) is 12.1 Å². The number of aromatic nitrogens is 2. The maximum atomic E-state index is 6.43. The molecule has 0 amide bonds. The number of nitrogens with zero attached hydrogens (tertiary/aromatic N) is 2. The van der Waals surface area contributed by atoms with E-state index >= 15 is 0 Å². The van der Waals surface area contributed by atoms with Gasteiger partial charge in [0, 0.05) is 27.8 Å². The Labute approximate surface area is 120 Å². The van der Waals surface area contributed by atoms with Gasteiger partial charge in [0.2, 0.25) is 0 Å². The van der Waals surface area contributed by atoms with E-state index in [4.69, 9.17) is 17.3 Å². The fourth-order valence-corrected chi connectivity index (χ4v) is 2.74. The number of hydrogen-bond acceptors (Lipinski definition) is 2. The van der Waals surface area contributed by atoms with Crippen LogP contribution in [0.1, 0.15) is 25.0 Å². The lowest BCUT2D eigenvalue weighted by Gasteiger charge is -2.25. The summed E-state index contributed by atoms with van der Waals surface area (Å²) in [6.45, 7) is 4.81. The lowest BCUT2D eigenvalue weighted by atomic mass is 9.88. The molecule has 0 aliphatic heterocycles. The highest BCUT2D eigenvalue weighted by Gasteiger charge is 2.27. The molecule has 0 aliphatic rings. The molecule has 3 nitrogen and oxygen atoms in total. The second-order valence-corrected chi connectivity index (χ2v) is 5.73. The highest BCUT2D eigenvalue weighted by molar-refractivity contribution is 9.10. The molecule has 1 aromatic carbocycles. The van der Waals surface area contributed by atoms with Crippen molar-refractivity contribution in [2.75, 3.05) is 0 Å². The standard InChI is InChI=1S/C13H15BrClN3/c1-3-18-8-9(7-17-18)13(2,16)11-5-4-10(14)6-12(11)15/h4-8H,3,16H2,1-2H3. The van der Waals surface area contributed by atoms with E-state index in [0.29, 0.717) is 5.02 Å². The van der Waals surface area contributed by atoms with E-state index in [1.54, 1.807) is 6.20 Å². The van der Waals surface area contributed by atoms with E-state index in [-0.39, 0.29) is 0 Å². The van der Waals surface area contributed by atoms with Crippen LogP contribution in [0.15, 0.2) is 35.1 Å². The summed E-state index contributed by atoms with van der Waals surface area (Å²) < 4.78 is 2.80. The zero-order valence-electron chi connectivity index (χ0n) is 10.3. The predicted molar refractivity (Wildman–Crippen MR) is 77.7 cm³/mol. The van der Waals surface area contributed by atoms with Crippen LogP contribution < -0.4 is 5.73 Å². The van der Waals surface area contributed by atoms with Gasteiger partial charge in [-0.05, 0) is 31.5 Å². The predicted octanol–water partition coefficient (Wildman–Crippen LogP) is 3.54. The number of hydrogen-bond donors (Lipinski definition) is 1. The second kappa shape index (κ2) is 5.03. The Morgan fingerprint density at radius 1 is 1.50 bits per heavy atom. The van der Waals surface area contributed by atoms with E-state index in [9.17, 15) is 0 Å². The van der Waals surface area contributed by atoms with Gasteiger partial charge in [-0.2, -0.15) is 5.10 Å². The highest BCUT2D eigenvalue weighted by Crippen LogP contribution is 2.33. The van der Waals surface area contributed by atoms with Crippen molar-refractivity contribution in [1.82, 2.24) is 9.78 Å². The Hall–Kier alpha value is -0.840. The van der Waals surface area contributed by atoms with Gasteiger partial charge in [-0.1, -0.05) is 33.6 Å². The first kappa shape index (κ1) is 13.6. The van der Waals surface area contributed by atoms with Crippen LogP contribution in [0.25, 0.3) is 0 Å². The molecule has 0 fully saturated rings. The summed E-state index contributed by atoms with van der Waals surface area (Å²) in [5.74, 6) is 0. The summed E-state index contributed by atoms with van der Waals surface area (Å²) in [6, 6.07) is 5.73. The van der Waals surface area contributed by atoms with Crippen LogP contribution in [0.2, 0.25) is 5.02 Å². The van der Waals surface area contributed by atoms with Crippen molar-refractivity contribution in [2.24, 2.45) is 5.73 Å². The van der Waals surface area contributed by atoms with E-state index in [2.05, 4.69) is 21.0 Å². The normalized spacial score (nSPS) is 14.5. The van der Waals surface area contributed by atoms with E-state index in [0.717, 1.165) is 22.1 Å². The summed E-state index contributed by atoms with van der Waals surface area (Å²) in [7, 11) is 0. The van der Waals surface area contributed by atoms with Gasteiger partial charge in [-0.15, -0.1) is 0 Å². The largest absolute Gasteiger partial charge is 0.318 e. The van der Waals surface area contributed by atoms with E-state index in [1.807, 2.05) is 42.9 Å². The number of aryl methyl sites for hydroxylation is 1. The molecule has 0 saturated heterocycles. The summed E-state index contributed by atoms with van der Waals surface area (Å²) in [6.07, 6.45) is 3.75. The molecule has 0 saturated carbocycles. The molecule has 0 bridgehead atoms. The van der Waals surface area contributed by atoms with Crippen LogP contribution in [-0.4, -0.2) is 9.78 Å². The van der Waals surface area contributed by atoms with Gasteiger partial charge < -0.3 is 5.73 Å². The lowest BCUT2D eigenvalue weighted by molar-refractivity contribution is 0.599. The fraction of sp³-hybridized carbons (Fsp3) is 0.308. The van der Waals surface area contributed by atoms with Crippen LogP contribution >= 0.6 is 27.5 Å². The molecule has 2 rings (SSSR count). The van der Waals surface area contributed by atoms with Crippen LogP contribution in [0.5, 0.6) is 0 Å². The number of rotatable bonds is 3. The maximum absolute atomic E-state index is 6.43. The second-order valence-electron chi connectivity index (χ2n) is 4.41. The van der Waals surface area contributed by atoms with Gasteiger partial charge in [0.25, 0.3) is 0 Å². The number of nitrogens with two attached hydrogens (primary N) is 1. The zero-order chi connectivity index (χ0) is 13.3. The third-order valence-electron chi connectivity index (χ3n) is 3.05. The van der Waals surface area contributed by atoms with Gasteiger partial charge in [0.1, 0.15) is 0 Å². The monoisotopic (exact) mass is 327 g/mol. The molecule has 5 heteroatoms. The van der Waals surface area contributed by atoms with Crippen molar-refractivity contribution in [3.05, 3.63) is 51.2 Å². The average Bonchev–Trinajstić information content (AvgIpc) is 2.77. The van der Waals surface area contributed by atoms with Crippen molar-refractivity contribution in [3.63, 3.8) is 0 Å². The Morgan fingerprint density at radius 2 is 2.22 bits per heavy atom. The average molecular weight is 329 g/mol. The van der Waals surface area contributed by atoms with Gasteiger partial charge in [-0.3, -0.25) is 4.68 Å². The summed E-state index contributed by atoms with van der Waals surface area (Å²) in [4.78, 5) is 0. The molecule has 1 heterocycles. The molecule has 1 aromatic heterocycles. The number of benzene rings is 1. The molecule has 2 aromatic rings. The van der Waals surface area contributed by atoms with Gasteiger partial charge in [-0.25, -0.2) is 0 Å². The molecule has 2 N–H and O–H groups in total. The first-order valence-electron chi connectivity index (χ1n) is 5.72. The third kappa shape index (κ3) is 2.46. The van der Waals surface area contributed by atoms with Crippen molar-refractivity contribution in [1.29, 1.82) is 0 Å². The quantitative estimate of drug-likeness (QED) is 0.936. The summed E-state index contributed by atoms with van der Waals surface area (Å²) in [5, 5.41) is 4.91. The Bertz CT molecular complexity index is 563. The van der Waals surface area contributed by atoms with E-state index < -0.39 is 5.54 Å². The molecule has 0 spiro atoms. The minimum Gasteiger partial charge on any atom is -0.318 e. The lowest BCUT2D eigenvalue weighted by Crippen LogP contribution is -2.34. The fourth-order valence-electron chi connectivity index (χ4n) is 1.87. The number of halogens is 2.